The van der Waals surface area contributed by atoms with E-state index in [2.05, 4.69) is 5.32 Å². The molecule has 180 valence electrons. The number of rotatable bonds is 9. The Balaban J connectivity index is 1.67. The second kappa shape index (κ2) is 11.3. The molecule has 10 heteroatoms. The summed E-state index contributed by atoms with van der Waals surface area (Å²) < 4.78 is 5.17. The van der Waals surface area contributed by atoms with Gasteiger partial charge in [0.2, 0.25) is 0 Å². The van der Waals surface area contributed by atoms with E-state index in [1.165, 1.54) is 12.1 Å². The van der Waals surface area contributed by atoms with E-state index in [1.807, 2.05) is 18.7 Å². The van der Waals surface area contributed by atoms with Crippen molar-refractivity contribution in [2.75, 3.05) is 43.0 Å². The number of carbonyl (C=O) groups excluding carboxylic acids is 3. The molecule has 1 aliphatic heterocycles. The Morgan fingerprint density at radius 2 is 1.79 bits per heavy atom. The molecule has 1 aliphatic rings. The minimum atomic E-state index is -0.814. The van der Waals surface area contributed by atoms with Gasteiger partial charge in [0.05, 0.1) is 16.2 Å². The molecule has 0 spiro atoms. The fourth-order valence-corrected chi connectivity index (χ4v) is 3.86. The van der Waals surface area contributed by atoms with Crippen LogP contribution in [0.2, 0.25) is 0 Å². The summed E-state index contributed by atoms with van der Waals surface area (Å²) in [5.74, 6) is -1.55. The van der Waals surface area contributed by atoms with Gasteiger partial charge in [0.25, 0.3) is 17.5 Å². The molecule has 0 radical (unpaired) electrons. The number of non-ortho nitro benzene ring substituents is 1. The van der Waals surface area contributed by atoms with E-state index in [0.717, 1.165) is 25.9 Å². The number of hydrogen-bond acceptors (Lipinski definition) is 7. The first kappa shape index (κ1) is 24.7. The molecule has 0 saturated carbocycles. The first-order chi connectivity index (χ1) is 16.3. The van der Waals surface area contributed by atoms with Crippen molar-refractivity contribution >= 4 is 34.8 Å². The van der Waals surface area contributed by atoms with Gasteiger partial charge in [0, 0.05) is 49.6 Å². The maximum Gasteiger partial charge on any atom is 0.341 e. The molecule has 0 atom stereocenters. The van der Waals surface area contributed by atoms with Crippen LogP contribution in [0.1, 0.15) is 47.4 Å². The topological polar surface area (TPSA) is 122 Å². The Morgan fingerprint density at radius 3 is 2.44 bits per heavy atom. The van der Waals surface area contributed by atoms with Gasteiger partial charge in [-0.25, -0.2) is 4.79 Å². The largest absolute Gasteiger partial charge is 0.452 e. The van der Waals surface area contributed by atoms with Crippen LogP contribution in [0.5, 0.6) is 0 Å². The summed E-state index contributed by atoms with van der Waals surface area (Å²) >= 11 is 0. The van der Waals surface area contributed by atoms with Crippen LogP contribution < -0.4 is 10.2 Å². The lowest BCUT2D eigenvalue weighted by atomic mass is 10.1. The average molecular weight is 469 g/mol. The van der Waals surface area contributed by atoms with Crippen LogP contribution >= 0.6 is 0 Å². The average Bonchev–Trinajstić information content (AvgIpc) is 3.38. The number of anilines is 2. The van der Waals surface area contributed by atoms with Crippen LogP contribution in [0.4, 0.5) is 17.1 Å². The molecule has 3 rings (SSSR count). The number of esters is 1. The van der Waals surface area contributed by atoms with Crippen molar-refractivity contribution in [3.05, 3.63) is 63.7 Å². The number of nitro benzene ring substituents is 1. The van der Waals surface area contributed by atoms with Crippen LogP contribution in [0, 0.1) is 10.1 Å². The van der Waals surface area contributed by atoms with E-state index < -0.39 is 23.4 Å². The molecule has 0 aromatic heterocycles. The van der Waals surface area contributed by atoms with Gasteiger partial charge in [0.1, 0.15) is 0 Å². The van der Waals surface area contributed by atoms with Crippen molar-refractivity contribution < 1.29 is 24.0 Å². The quantitative estimate of drug-likeness (QED) is 0.340. The standard InChI is InChI=1S/C24H28N4O6/c1-3-26(4-2)23(30)17-8-7-9-18(14-17)25-22(29)16-34-24(31)20-15-19(28(32)33)10-11-21(20)27-12-5-6-13-27/h7-11,14-15H,3-6,12-13,16H2,1-2H3,(H,25,29). The lowest BCUT2D eigenvalue weighted by Crippen LogP contribution is -2.30. The molecule has 10 nitrogen and oxygen atoms in total. The number of ether oxygens (including phenoxy) is 1. The highest BCUT2D eigenvalue weighted by Crippen LogP contribution is 2.29. The van der Waals surface area contributed by atoms with E-state index >= 15 is 0 Å². The van der Waals surface area contributed by atoms with E-state index in [9.17, 15) is 24.5 Å². The predicted octanol–water partition coefficient (Wildman–Crippen LogP) is 3.47. The smallest absolute Gasteiger partial charge is 0.341 e. The molecule has 1 fully saturated rings. The van der Waals surface area contributed by atoms with Crippen molar-refractivity contribution in [3.8, 4) is 0 Å². The summed E-state index contributed by atoms with van der Waals surface area (Å²) in [5, 5.41) is 13.8. The van der Waals surface area contributed by atoms with E-state index in [0.29, 0.717) is 30.0 Å². The first-order valence-corrected chi connectivity index (χ1v) is 11.2. The number of nitrogens with zero attached hydrogens (tertiary/aromatic N) is 3. The maximum atomic E-state index is 12.7. The molecule has 1 saturated heterocycles. The molecule has 1 heterocycles. The molecule has 2 aromatic rings. The van der Waals surface area contributed by atoms with Crippen molar-refractivity contribution in [3.63, 3.8) is 0 Å². The molecule has 1 N–H and O–H groups in total. The number of benzene rings is 2. The highest BCUT2D eigenvalue weighted by molar-refractivity contribution is 6.00. The number of amides is 2. The Bertz CT molecular complexity index is 1080. The first-order valence-electron chi connectivity index (χ1n) is 11.2. The zero-order chi connectivity index (χ0) is 24.7. The molecule has 2 amide bonds. The second-order valence-corrected chi connectivity index (χ2v) is 7.84. The van der Waals surface area contributed by atoms with Gasteiger partial charge in [-0.2, -0.15) is 0 Å². The minimum absolute atomic E-state index is 0.0516. The van der Waals surface area contributed by atoms with E-state index in [1.54, 1.807) is 35.2 Å². The molecule has 0 aliphatic carbocycles. The molecule has 34 heavy (non-hydrogen) atoms. The third kappa shape index (κ3) is 5.89. The van der Waals surface area contributed by atoms with Gasteiger partial charge >= 0.3 is 5.97 Å². The molecule has 0 bridgehead atoms. The summed E-state index contributed by atoms with van der Waals surface area (Å²) in [7, 11) is 0. The van der Waals surface area contributed by atoms with Crippen LogP contribution in [0.25, 0.3) is 0 Å². The summed E-state index contributed by atoms with van der Waals surface area (Å²) in [5.41, 5.74) is 1.21. The third-order valence-corrected chi connectivity index (χ3v) is 5.64. The SMILES string of the molecule is CCN(CC)C(=O)c1cccc(NC(=O)COC(=O)c2cc([N+](=O)[O-])ccc2N2CCCC2)c1. The van der Waals surface area contributed by atoms with Crippen LogP contribution in [0.3, 0.4) is 0 Å². The Hall–Kier alpha value is -3.95. The maximum absolute atomic E-state index is 12.7. The Morgan fingerprint density at radius 1 is 1.09 bits per heavy atom. The zero-order valence-corrected chi connectivity index (χ0v) is 19.3. The van der Waals surface area contributed by atoms with Gasteiger partial charge in [-0.1, -0.05) is 6.07 Å². The van der Waals surface area contributed by atoms with E-state index in [-0.39, 0.29) is 17.2 Å². The van der Waals surface area contributed by atoms with Crippen molar-refractivity contribution in [1.29, 1.82) is 0 Å². The molecule has 2 aromatic carbocycles. The summed E-state index contributed by atoms with van der Waals surface area (Å²) in [4.78, 5) is 51.9. The molecular weight excluding hydrogens is 440 g/mol. The van der Waals surface area contributed by atoms with Gasteiger partial charge in [0.15, 0.2) is 6.61 Å². The van der Waals surface area contributed by atoms with Gasteiger partial charge < -0.3 is 19.9 Å². The van der Waals surface area contributed by atoms with Crippen molar-refractivity contribution in [1.82, 2.24) is 4.90 Å². The van der Waals surface area contributed by atoms with Crippen LogP contribution in [-0.4, -0.2) is 60.4 Å². The normalized spacial score (nSPS) is 12.8. The van der Waals surface area contributed by atoms with Crippen molar-refractivity contribution in [2.24, 2.45) is 0 Å². The van der Waals surface area contributed by atoms with Gasteiger partial charge in [-0.3, -0.25) is 19.7 Å². The lowest BCUT2D eigenvalue weighted by Gasteiger charge is -2.20. The Kier molecular flexibility index (Phi) is 8.18. The highest BCUT2D eigenvalue weighted by atomic mass is 16.6. The molecule has 0 unspecified atom stereocenters. The van der Waals surface area contributed by atoms with Crippen LogP contribution in [-0.2, 0) is 9.53 Å². The van der Waals surface area contributed by atoms with Crippen LogP contribution in [0.15, 0.2) is 42.5 Å². The summed E-state index contributed by atoms with van der Waals surface area (Å²) in [6, 6.07) is 10.6. The number of nitro groups is 1. The summed E-state index contributed by atoms with van der Waals surface area (Å²) in [6.45, 7) is 5.81. The number of hydrogen-bond donors (Lipinski definition) is 1. The monoisotopic (exact) mass is 468 g/mol. The zero-order valence-electron chi connectivity index (χ0n) is 19.3. The highest BCUT2D eigenvalue weighted by Gasteiger charge is 2.24. The fourth-order valence-electron chi connectivity index (χ4n) is 3.86. The lowest BCUT2D eigenvalue weighted by molar-refractivity contribution is -0.384. The predicted molar refractivity (Wildman–Crippen MR) is 127 cm³/mol. The number of nitrogens with one attached hydrogen (secondary N) is 1. The van der Waals surface area contributed by atoms with Crippen molar-refractivity contribution in [2.45, 2.75) is 26.7 Å². The Labute approximate surface area is 197 Å². The van der Waals surface area contributed by atoms with Gasteiger partial charge in [-0.15, -0.1) is 0 Å². The fraction of sp³-hybridized carbons (Fsp3) is 0.375. The minimum Gasteiger partial charge on any atom is -0.452 e. The second-order valence-electron chi connectivity index (χ2n) is 7.84. The van der Waals surface area contributed by atoms with Gasteiger partial charge in [-0.05, 0) is 51.0 Å². The number of carbonyl (C=O) groups is 3. The third-order valence-electron chi connectivity index (χ3n) is 5.64. The summed E-state index contributed by atoms with van der Waals surface area (Å²) in [6.07, 6.45) is 1.92. The van der Waals surface area contributed by atoms with E-state index in [4.69, 9.17) is 4.74 Å². The molecular formula is C24H28N4O6.